The molecule has 1 nitrogen and oxygen atoms in total. The van der Waals surface area contributed by atoms with Crippen LogP contribution in [0.1, 0.15) is 0 Å². The van der Waals surface area contributed by atoms with E-state index in [1.807, 2.05) is 0 Å². The first-order valence-corrected chi connectivity index (χ1v) is 4.92. The van der Waals surface area contributed by atoms with Gasteiger partial charge in [0.2, 0.25) is 0 Å². The molecule has 0 saturated heterocycles. The maximum atomic E-state index is 11.7. The van der Waals surface area contributed by atoms with Crippen molar-refractivity contribution in [1.29, 1.82) is 0 Å². The van der Waals surface area contributed by atoms with Crippen LogP contribution in [0.25, 0.3) is 0 Å². The lowest BCUT2D eigenvalue weighted by molar-refractivity contribution is -0.0796. The third-order valence-electron chi connectivity index (χ3n) is 1.36. The highest BCUT2D eigenvalue weighted by Crippen LogP contribution is 2.17. The Hall–Kier alpha value is -1.10. The number of halogens is 3. The molecule has 5 heteroatoms. The number of hydrogen-bond donors (Lipinski definition) is 0. The zero-order chi connectivity index (χ0) is 10.6. The highest BCUT2D eigenvalue weighted by atomic mass is 32.2. The Bertz CT molecular complexity index is 343. The third-order valence-corrected chi connectivity index (χ3v) is 2.48. The number of allylic oxidation sites excluding steroid dienone is 1. The average molecular weight is 220 g/mol. The van der Waals surface area contributed by atoms with Crippen LogP contribution in [0.2, 0.25) is 0 Å². The summed E-state index contributed by atoms with van der Waals surface area (Å²) in [5.74, 6) is 0. The lowest BCUT2D eigenvalue weighted by Gasteiger charge is -1.98. The van der Waals surface area contributed by atoms with E-state index in [0.717, 1.165) is 0 Å². The molecule has 0 N–H and O–H groups in total. The Balaban J connectivity index is 2.74. The largest absolute Gasteiger partial charge is 0.410 e. The second kappa shape index (κ2) is 4.41. The van der Waals surface area contributed by atoms with Crippen LogP contribution < -0.4 is 0 Å². The van der Waals surface area contributed by atoms with Gasteiger partial charge in [0.1, 0.15) is 0 Å². The molecule has 0 radical (unpaired) electrons. The molecule has 0 fully saturated rings. The van der Waals surface area contributed by atoms with Crippen LogP contribution in [-0.2, 0) is 10.8 Å². The van der Waals surface area contributed by atoms with Crippen molar-refractivity contribution >= 4 is 10.8 Å². The topological polar surface area (TPSA) is 17.1 Å². The van der Waals surface area contributed by atoms with Gasteiger partial charge in [-0.2, -0.15) is 13.2 Å². The quantitative estimate of drug-likeness (QED) is 0.749. The summed E-state index contributed by atoms with van der Waals surface area (Å²) in [7, 11) is -1.73. The van der Waals surface area contributed by atoms with Crippen LogP contribution in [0.15, 0.2) is 46.7 Å². The number of benzene rings is 1. The summed E-state index contributed by atoms with van der Waals surface area (Å²) in [5.41, 5.74) is 0. The molecule has 1 rings (SSSR count). The molecule has 0 spiro atoms. The van der Waals surface area contributed by atoms with E-state index in [9.17, 15) is 17.4 Å². The van der Waals surface area contributed by atoms with Crippen molar-refractivity contribution in [2.24, 2.45) is 0 Å². The van der Waals surface area contributed by atoms with Crippen LogP contribution in [0.3, 0.4) is 0 Å². The maximum absolute atomic E-state index is 11.7. The van der Waals surface area contributed by atoms with E-state index in [-0.39, 0.29) is 6.08 Å². The third kappa shape index (κ3) is 3.74. The van der Waals surface area contributed by atoms with Crippen molar-refractivity contribution in [2.75, 3.05) is 0 Å². The van der Waals surface area contributed by atoms with Crippen molar-refractivity contribution in [3.63, 3.8) is 0 Å². The molecule has 0 aliphatic carbocycles. The number of alkyl halides is 3. The van der Waals surface area contributed by atoms with E-state index in [1.165, 1.54) is 12.1 Å². The molecule has 1 unspecified atom stereocenters. The predicted molar refractivity (Wildman–Crippen MR) is 48.0 cm³/mol. The second-order valence-corrected chi connectivity index (χ2v) is 3.79. The van der Waals surface area contributed by atoms with Gasteiger partial charge in [-0.3, -0.25) is 0 Å². The van der Waals surface area contributed by atoms with Crippen molar-refractivity contribution in [3.8, 4) is 0 Å². The molecule has 1 aromatic rings. The smallest absolute Gasteiger partial charge is 0.250 e. The molecule has 0 saturated carbocycles. The molecule has 0 bridgehead atoms. The SMILES string of the molecule is O=S(C=CC(F)(F)F)c1ccccc1. The first-order valence-electron chi connectivity index (χ1n) is 3.71. The summed E-state index contributed by atoms with van der Waals surface area (Å²) >= 11 is 0. The van der Waals surface area contributed by atoms with Gasteiger partial charge in [-0.1, -0.05) is 18.2 Å². The minimum atomic E-state index is -4.41. The average Bonchev–Trinajstić information content (AvgIpc) is 2.14. The summed E-state index contributed by atoms with van der Waals surface area (Å²) in [6, 6.07) is 7.96. The van der Waals surface area contributed by atoms with Gasteiger partial charge in [0.05, 0.1) is 10.8 Å². The van der Waals surface area contributed by atoms with Crippen LogP contribution in [-0.4, -0.2) is 10.4 Å². The first kappa shape index (κ1) is 11.0. The lowest BCUT2D eigenvalue weighted by atomic mass is 10.4. The fraction of sp³-hybridized carbons (Fsp3) is 0.111. The van der Waals surface area contributed by atoms with Crippen LogP contribution >= 0.6 is 0 Å². The number of rotatable bonds is 2. The molecular weight excluding hydrogens is 213 g/mol. The zero-order valence-electron chi connectivity index (χ0n) is 6.99. The Labute approximate surface area is 81.7 Å². The molecule has 0 aliphatic heterocycles. The van der Waals surface area contributed by atoms with Crippen LogP contribution in [0.5, 0.6) is 0 Å². The molecule has 1 atom stereocenters. The zero-order valence-corrected chi connectivity index (χ0v) is 7.81. The minimum absolute atomic E-state index is 0.0177. The Morgan fingerprint density at radius 1 is 1.14 bits per heavy atom. The van der Waals surface area contributed by atoms with Gasteiger partial charge in [0.15, 0.2) is 0 Å². The van der Waals surface area contributed by atoms with Crippen molar-refractivity contribution < 1.29 is 17.4 Å². The molecule has 0 aromatic heterocycles. The standard InChI is InChI=1S/C9H7F3OS/c10-9(11,12)6-7-14(13)8-4-2-1-3-5-8/h1-7H. The highest BCUT2D eigenvalue weighted by Gasteiger charge is 2.22. The minimum Gasteiger partial charge on any atom is -0.250 e. The van der Waals surface area contributed by atoms with Crippen LogP contribution in [0.4, 0.5) is 13.2 Å². The van der Waals surface area contributed by atoms with Crippen molar-refractivity contribution in [2.45, 2.75) is 11.1 Å². The van der Waals surface area contributed by atoms with E-state index in [2.05, 4.69) is 0 Å². The van der Waals surface area contributed by atoms with Gasteiger partial charge >= 0.3 is 6.18 Å². The normalized spacial score (nSPS) is 14.5. The highest BCUT2D eigenvalue weighted by molar-refractivity contribution is 7.88. The molecule has 0 heterocycles. The summed E-state index contributed by atoms with van der Waals surface area (Å²) in [4.78, 5) is 0.355. The van der Waals surface area contributed by atoms with Crippen LogP contribution in [0, 0.1) is 0 Å². The molecule has 0 amide bonds. The molecule has 14 heavy (non-hydrogen) atoms. The van der Waals surface area contributed by atoms with E-state index in [1.54, 1.807) is 18.2 Å². The van der Waals surface area contributed by atoms with E-state index in [0.29, 0.717) is 10.3 Å². The summed E-state index contributed by atoms with van der Waals surface area (Å²) < 4.78 is 46.3. The van der Waals surface area contributed by atoms with E-state index in [4.69, 9.17) is 0 Å². The number of hydrogen-bond acceptors (Lipinski definition) is 1. The van der Waals surface area contributed by atoms with Gasteiger partial charge in [0, 0.05) is 16.4 Å². The fourth-order valence-electron chi connectivity index (χ4n) is 0.772. The van der Waals surface area contributed by atoms with E-state index >= 15 is 0 Å². The molecular formula is C9H7F3OS. The van der Waals surface area contributed by atoms with Gasteiger partial charge in [-0.05, 0) is 12.1 Å². The van der Waals surface area contributed by atoms with Gasteiger partial charge < -0.3 is 0 Å². The van der Waals surface area contributed by atoms with Gasteiger partial charge in [-0.15, -0.1) is 0 Å². The van der Waals surface area contributed by atoms with Crippen molar-refractivity contribution in [1.82, 2.24) is 0 Å². The summed E-state index contributed by atoms with van der Waals surface area (Å²) in [6.45, 7) is 0. The fourth-order valence-corrected chi connectivity index (χ4v) is 1.63. The Morgan fingerprint density at radius 3 is 2.21 bits per heavy atom. The maximum Gasteiger partial charge on any atom is 0.410 e. The molecule has 76 valence electrons. The van der Waals surface area contributed by atoms with Gasteiger partial charge in [0.25, 0.3) is 0 Å². The van der Waals surface area contributed by atoms with Crippen molar-refractivity contribution in [3.05, 3.63) is 41.8 Å². The Kier molecular flexibility index (Phi) is 3.46. The summed E-state index contributed by atoms with van der Waals surface area (Å²) in [6.07, 6.45) is -4.43. The first-order chi connectivity index (χ1) is 6.49. The second-order valence-electron chi connectivity index (χ2n) is 2.45. The summed E-state index contributed by atoms with van der Waals surface area (Å²) in [5, 5.41) is 0.634. The monoisotopic (exact) mass is 220 g/mol. The molecule has 0 aliphatic rings. The van der Waals surface area contributed by atoms with E-state index < -0.39 is 17.0 Å². The lowest BCUT2D eigenvalue weighted by Crippen LogP contribution is -2.01. The Morgan fingerprint density at radius 2 is 1.71 bits per heavy atom. The molecule has 1 aromatic carbocycles. The van der Waals surface area contributed by atoms with Gasteiger partial charge in [-0.25, -0.2) is 4.21 Å². The predicted octanol–water partition coefficient (Wildman–Crippen LogP) is 2.87.